The van der Waals surface area contributed by atoms with E-state index in [-0.39, 0.29) is 24.8 Å². The van der Waals surface area contributed by atoms with E-state index in [0.29, 0.717) is 12.2 Å². The van der Waals surface area contributed by atoms with Crippen LogP contribution in [0.25, 0.3) is 0 Å². The second-order valence-electron chi connectivity index (χ2n) is 3.51. The quantitative estimate of drug-likeness (QED) is 0.583. The third kappa shape index (κ3) is 4.38. The van der Waals surface area contributed by atoms with Crippen LogP contribution in [0.1, 0.15) is 18.1 Å². The minimum atomic E-state index is -4.46. The van der Waals surface area contributed by atoms with Crippen molar-refractivity contribution < 1.29 is 22.6 Å². The Bertz CT molecular complexity index is 380. The van der Waals surface area contributed by atoms with E-state index in [2.05, 4.69) is 0 Å². The summed E-state index contributed by atoms with van der Waals surface area (Å²) in [6.45, 7) is 2.64. The fourth-order valence-electron chi connectivity index (χ4n) is 1.36. The Kier molecular flexibility index (Phi) is 5.75. The molecule has 0 aromatic heterocycles. The predicted molar refractivity (Wildman–Crippen MR) is 63.0 cm³/mol. The van der Waals surface area contributed by atoms with Gasteiger partial charge >= 0.3 is 6.18 Å². The average Bonchev–Trinajstić information content (AvgIpc) is 2.33. The summed E-state index contributed by atoms with van der Waals surface area (Å²) in [4.78, 5) is 0. The molecule has 0 heterocycles. The minimum absolute atomic E-state index is 0.0301. The van der Waals surface area contributed by atoms with Crippen molar-refractivity contribution in [1.29, 1.82) is 0 Å². The molecule has 102 valence electrons. The van der Waals surface area contributed by atoms with Gasteiger partial charge in [-0.2, -0.15) is 13.2 Å². The summed E-state index contributed by atoms with van der Waals surface area (Å²) >= 11 is 5.52. The zero-order chi connectivity index (χ0) is 13.6. The molecule has 0 unspecified atom stereocenters. The molecule has 1 aromatic carbocycles. The molecular weight excluding hydrogens is 269 g/mol. The maximum atomic E-state index is 12.8. The molecule has 6 heteroatoms. The van der Waals surface area contributed by atoms with Gasteiger partial charge in [-0.05, 0) is 24.6 Å². The van der Waals surface area contributed by atoms with Gasteiger partial charge in [-0.25, -0.2) is 0 Å². The van der Waals surface area contributed by atoms with Crippen LogP contribution >= 0.6 is 11.6 Å². The van der Waals surface area contributed by atoms with Crippen molar-refractivity contribution in [2.45, 2.75) is 19.0 Å². The molecule has 1 aromatic rings. The largest absolute Gasteiger partial charge is 0.491 e. The van der Waals surface area contributed by atoms with E-state index in [0.717, 1.165) is 6.07 Å². The summed E-state index contributed by atoms with van der Waals surface area (Å²) in [5.41, 5.74) is -0.404. The van der Waals surface area contributed by atoms with Gasteiger partial charge in [-0.1, -0.05) is 6.07 Å². The lowest BCUT2D eigenvalue weighted by Gasteiger charge is -2.14. The summed E-state index contributed by atoms with van der Waals surface area (Å²) in [6.07, 6.45) is -4.46. The van der Waals surface area contributed by atoms with Crippen molar-refractivity contribution in [2.24, 2.45) is 0 Å². The second kappa shape index (κ2) is 6.85. The van der Waals surface area contributed by atoms with Gasteiger partial charge in [0, 0.05) is 12.5 Å². The van der Waals surface area contributed by atoms with Crippen LogP contribution in [-0.4, -0.2) is 19.8 Å². The molecule has 0 amide bonds. The van der Waals surface area contributed by atoms with E-state index >= 15 is 0 Å². The second-order valence-corrected chi connectivity index (χ2v) is 3.77. The molecule has 0 N–H and O–H groups in total. The zero-order valence-electron chi connectivity index (χ0n) is 9.89. The standard InChI is InChI=1S/C12H14ClF3O2/c1-2-17-5-6-18-11-4-3-9(8-13)7-10(11)12(14,15)16/h3-4,7H,2,5-6,8H2,1H3. The monoisotopic (exact) mass is 282 g/mol. The molecule has 1 rings (SSSR count). The number of rotatable bonds is 6. The van der Waals surface area contributed by atoms with Crippen LogP contribution < -0.4 is 4.74 Å². The Morgan fingerprint density at radius 1 is 1.22 bits per heavy atom. The van der Waals surface area contributed by atoms with E-state index in [4.69, 9.17) is 21.1 Å². The lowest BCUT2D eigenvalue weighted by Crippen LogP contribution is -2.12. The Morgan fingerprint density at radius 2 is 1.94 bits per heavy atom. The molecule has 0 aliphatic rings. The highest BCUT2D eigenvalue weighted by atomic mass is 35.5. The molecule has 0 aliphatic heterocycles. The first kappa shape index (κ1) is 15.1. The fraction of sp³-hybridized carbons (Fsp3) is 0.500. The molecule has 2 nitrogen and oxygen atoms in total. The van der Waals surface area contributed by atoms with Crippen LogP contribution in [0.3, 0.4) is 0 Å². The van der Waals surface area contributed by atoms with Gasteiger partial charge in [0.05, 0.1) is 12.2 Å². The maximum absolute atomic E-state index is 12.8. The van der Waals surface area contributed by atoms with Crippen LogP contribution in [-0.2, 0) is 16.8 Å². The number of hydrogen-bond acceptors (Lipinski definition) is 2. The summed E-state index contributed by atoms with van der Waals surface area (Å²) in [5.74, 6) is -0.168. The van der Waals surface area contributed by atoms with E-state index < -0.39 is 11.7 Å². The van der Waals surface area contributed by atoms with Gasteiger partial charge in [0.1, 0.15) is 12.4 Å². The smallest absolute Gasteiger partial charge is 0.419 e. The molecule has 0 bridgehead atoms. The Balaban J connectivity index is 2.82. The minimum Gasteiger partial charge on any atom is -0.491 e. The van der Waals surface area contributed by atoms with Crippen LogP contribution in [0, 0.1) is 0 Å². The summed E-state index contributed by atoms with van der Waals surface area (Å²) in [6, 6.07) is 3.80. The molecule has 0 aliphatic carbocycles. The molecule has 0 fully saturated rings. The van der Waals surface area contributed by atoms with Crippen LogP contribution in [0.4, 0.5) is 13.2 Å². The van der Waals surface area contributed by atoms with Gasteiger partial charge in [-0.15, -0.1) is 11.6 Å². The van der Waals surface area contributed by atoms with Gasteiger partial charge < -0.3 is 9.47 Å². The van der Waals surface area contributed by atoms with Crippen molar-refractivity contribution >= 4 is 11.6 Å². The SMILES string of the molecule is CCOCCOc1ccc(CCl)cc1C(F)(F)F. The topological polar surface area (TPSA) is 18.5 Å². The highest BCUT2D eigenvalue weighted by Gasteiger charge is 2.34. The highest BCUT2D eigenvalue weighted by Crippen LogP contribution is 2.37. The fourth-order valence-corrected chi connectivity index (χ4v) is 1.53. The summed E-state index contributed by atoms with van der Waals surface area (Å²) < 4.78 is 48.4. The van der Waals surface area contributed by atoms with E-state index in [9.17, 15) is 13.2 Å². The number of halogens is 4. The van der Waals surface area contributed by atoms with E-state index in [1.807, 2.05) is 0 Å². The number of ether oxygens (including phenoxy) is 2. The van der Waals surface area contributed by atoms with Crippen molar-refractivity contribution in [3.63, 3.8) is 0 Å². The van der Waals surface area contributed by atoms with Crippen LogP contribution in [0.5, 0.6) is 5.75 Å². The molecular formula is C12H14ClF3O2. The van der Waals surface area contributed by atoms with Gasteiger partial charge in [-0.3, -0.25) is 0 Å². The average molecular weight is 283 g/mol. The first-order chi connectivity index (χ1) is 8.49. The third-order valence-electron chi connectivity index (χ3n) is 2.19. The van der Waals surface area contributed by atoms with Crippen molar-refractivity contribution in [2.75, 3.05) is 19.8 Å². The van der Waals surface area contributed by atoms with Crippen molar-refractivity contribution in [1.82, 2.24) is 0 Å². The zero-order valence-corrected chi connectivity index (χ0v) is 10.6. The molecule has 0 atom stereocenters. The Labute approximate surface area is 109 Å². The lowest BCUT2D eigenvalue weighted by atomic mass is 10.1. The molecule has 0 saturated carbocycles. The number of benzene rings is 1. The normalized spacial score (nSPS) is 11.6. The van der Waals surface area contributed by atoms with E-state index in [1.165, 1.54) is 12.1 Å². The Hall–Kier alpha value is -0.940. The van der Waals surface area contributed by atoms with E-state index in [1.54, 1.807) is 6.92 Å². The van der Waals surface area contributed by atoms with Crippen molar-refractivity contribution in [3.05, 3.63) is 29.3 Å². The summed E-state index contributed by atoms with van der Waals surface area (Å²) in [7, 11) is 0. The van der Waals surface area contributed by atoms with Crippen LogP contribution in [0.15, 0.2) is 18.2 Å². The van der Waals surface area contributed by atoms with Crippen LogP contribution in [0.2, 0.25) is 0 Å². The molecule has 0 saturated heterocycles. The molecule has 0 radical (unpaired) electrons. The highest BCUT2D eigenvalue weighted by molar-refractivity contribution is 6.17. The van der Waals surface area contributed by atoms with Gasteiger partial charge in [0.25, 0.3) is 0 Å². The molecule has 0 spiro atoms. The summed E-state index contributed by atoms with van der Waals surface area (Å²) in [5, 5.41) is 0. The molecule has 18 heavy (non-hydrogen) atoms. The lowest BCUT2D eigenvalue weighted by molar-refractivity contribution is -0.139. The van der Waals surface area contributed by atoms with Gasteiger partial charge in [0.2, 0.25) is 0 Å². The van der Waals surface area contributed by atoms with Gasteiger partial charge in [0.15, 0.2) is 0 Å². The number of hydrogen-bond donors (Lipinski definition) is 0. The first-order valence-electron chi connectivity index (χ1n) is 5.45. The third-order valence-corrected chi connectivity index (χ3v) is 2.50. The maximum Gasteiger partial charge on any atom is 0.419 e. The number of alkyl halides is 4. The predicted octanol–water partition coefficient (Wildman–Crippen LogP) is 3.86. The first-order valence-corrected chi connectivity index (χ1v) is 5.99. The Morgan fingerprint density at radius 3 is 2.50 bits per heavy atom. The van der Waals surface area contributed by atoms with Crippen molar-refractivity contribution in [3.8, 4) is 5.75 Å².